The molecule has 0 radical (unpaired) electrons. The fraction of sp³-hybridized carbons (Fsp3) is 0.333. The molecule has 21 heavy (non-hydrogen) atoms. The summed E-state index contributed by atoms with van der Waals surface area (Å²) in [5.41, 5.74) is 8.44. The number of benzene rings is 1. The highest BCUT2D eigenvalue weighted by molar-refractivity contribution is 6.05. The Balaban J connectivity index is 2.11. The molecule has 2 N–H and O–H groups in total. The molecule has 2 rings (SSSR count). The van der Waals surface area contributed by atoms with Crippen molar-refractivity contribution in [1.82, 2.24) is 5.43 Å². The Morgan fingerprint density at radius 3 is 2.81 bits per heavy atom. The largest absolute Gasteiger partial charge is 0.278 e. The van der Waals surface area contributed by atoms with E-state index in [1.54, 1.807) is 0 Å². The number of nitriles is 1. The molecule has 0 aromatic heterocycles. The van der Waals surface area contributed by atoms with Crippen molar-refractivity contribution in [3.8, 4) is 6.07 Å². The lowest BCUT2D eigenvalue weighted by atomic mass is 9.94. The molecule has 1 aromatic rings. The van der Waals surface area contributed by atoms with E-state index < -0.39 is 0 Å². The lowest BCUT2D eigenvalue weighted by Gasteiger charge is -2.19. The summed E-state index contributed by atoms with van der Waals surface area (Å²) in [7, 11) is 0. The number of hydrogen-bond donors (Lipinski definition) is 2. The number of rotatable bonds is 4. The van der Waals surface area contributed by atoms with Crippen molar-refractivity contribution in [3.05, 3.63) is 29.8 Å². The molecule has 1 aliphatic rings. The Hall–Kier alpha value is -2.68. The van der Waals surface area contributed by atoms with Gasteiger partial charge in [-0.25, -0.2) is 5.43 Å². The summed E-state index contributed by atoms with van der Waals surface area (Å²) in [6, 6.07) is 9.60. The van der Waals surface area contributed by atoms with Gasteiger partial charge in [0.15, 0.2) is 0 Å². The van der Waals surface area contributed by atoms with Crippen LogP contribution in [0.3, 0.4) is 0 Å². The Labute approximate surface area is 123 Å². The van der Waals surface area contributed by atoms with Crippen LogP contribution in [0.25, 0.3) is 0 Å². The van der Waals surface area contributed by atoms with Gasteiger partial charge in [-0.05, 0) is 24.1 Å². The minimum absolute atomic E-state index is 0.0533. The smallest absolute Gasteiger partial charge is 0.240 e. The van der Waals surface area contributed by atoms with Gasteiger partial charge in [-0.2, -0.15) is 15.5 Å². The highest BCUT2D eigenvalue weighted by atomic mass is 16.2. The van der Waals surface area contributed by atoms with Gasteiger partial charge in [0.1, 0.15) is 11.8 Å². The van der Waals surface area contributed by atoms with Crippen molar-refractivity contribution in [2.45, 2.75) is 26.7 Å². The van der Waals surface area contributed by atoms with E-state index in [2.05, 4.69) is 21.1 Å². The first-order valence-corrected chi connectivity index (χ1v) is 6.83. The minimum atomic E-state index is -0.0533. The van der Waals surface area contributed by atoms with E-state index in [0.29, 0.717) is 18.6 Å². The van der Waals surface area contributed by atoms with Gasteiger partial charge in [-0.1, -0.05) is 26.0 Å². The van der Waals surface area contributed by atoms with E-state index in [4.69, 9.17) is 5.26 Å². The lowest BCUT2D eigenvalue weighted by Crippen LogP contribution is -2.31. The van der Waals surface area contributed by atoms with Gasteiger partial charge < -0.3 is 0 Å². The Morgan fingerprint density at radius 1 is 1.52 bits per heavy atom. The number of anilines is 1. The van der Waals surface area contributed by atoms with Crippen LogP contribution in [0, 0.1) is 17.2 Å². The van der Waals surface area contributed by atoms with Gasteiger partial charge in [-0.15, -0.1) is 0 Å². The maximum atomic E-state index is 11.2. The Bertz CT molecular complexity index is 624. The number of carbonyl (C=O) groups is 1. The fourth-order valence-electron chi connectivity index (χ4n) is 2.03. The lowest BCUT2D eigenvalue weighted by molar-refractivity contribution is -0.121. The van der Waals surface area contributed by atoms with Gasteiger partial charge in [0.25, 0.3) is 0 Å². The second-order valence-electron chi connectivity index (χ2n) is 4.85. The first-order chi connectivity index (χ1) is 10.1. The zero-order valence-electron chi connectivity index (χ0n) is 12.1. The normalized spacial score (nSPS) is 18.5. The molecule has 1 heterocycles. The highest BCUT2D eigenvalue weighted by Crippen LogP contribution is 2.18. The first kappa shape index (κ1) is 14.7. The molecule has 1 aliphatic heterocycles. The van der Waals surface area contributed by atoms with E-state index in [0.717, 1.165) is 17.0 Å². The van der Waals surface area contributed by atoms with E-state index in [1.165, 1.54) is 0 Å². The zero-order valence-corrected chi connectivity index (χ0v) is 12.1. The van der Waals surface area contributed by atoms with Crippen molar-refractivity contribution in [3.63, 3.8) is 0 Å². The molecule has 0 spiro atoms. The van der Waals surface area contributed by atoms with Gasteiger partial charge in [0, 0.05) is 12.3 Å². The summed E-state index contributed by atoms with van der Waals surface area (Å²) in [4.78, 5) is 11.2. The number of nitrogens with one attached hydrogen (secondary N) is 2. The van der Waals surface area contributed by atoms with Crippen LogP contribution in [-0.4, -0.2) is 17.3 Å². The quantitative estimate of drug-likeness (QED) is 0.656. The standard InChI is InChI=1S/C15H17N5O/c1-3-12(9-16)17-18-13-6-4-11(5-7-13)15-10(2)8-14(21)19-20-15/h4-7,10,18H,3,8H2,1-2H3,(H,19,21)/b17-12-. The number of carbonyl (C=O) groups excluding carboxylic acids is 1. The Kier molecular flexibility index (Phi) is 4.67. The van der Waals surface area contributed by atoms with Crippen LogP contribution in [0.2, 0.25) is 0 Å². The molecular weight excluding hydrogens is 266 g/mol. The molecule has 0 saturated carbocycles. The van der Waals surface area contributed by atoms with Crippen LogP contribution >= 0.6 is 0 Å². The number of hydrogen-bond acceptors (Lipinski definition) is 5. The van der Waals surface area contributed by atoms with E-state index in [1.807, 2.05) is 44.2 Å². The second kappa shape index (κ2) is 6.66. The monoisotopic (exact) mass is 283 g/mol. The molecule has 1 amide bonds. The van der Waals surface area contributed by atoms with Crippen molar-refractivity contribution in [1.29, 1.82) is 5.26 Å². The maximum absolute atomic E-state index is 11.2. The van der Waals surface area contributed by atoms with Gasteiger partial charge in [0.05, 0.1) is 11.4 Å². The molecular formula is C15H17N5O. The SMILES string of the molecule is CC/C(C#N)=N/Nc1ccc(C2=NNC(=O)CC2C)cc1. The van der Waals surface area contributed by atoms with Crippen LogP contribution < -0.4 is 10.9 Å². The molecule has 108 valence electrons. The van der Waals surface area contributed by atoms with Gasteiger partial charge in [0.2, 0.25) is 5.91 Å². The highest BCUT2D eigenvalue weighted by Gasteiger charge is 2.21. The van der Waals surface area contributed by atoms with E-state index in [-0.39, 0.29) is 11.8 Å². The second-order valence-corrected chi connectivity index (χ2v) is 4.85. The van der Waals surface area contributed by atoms with Crippen molar-refractivity contribution >= 4 is 23.0 Å². The molecule has 6 nitrogen and oxygen atoms in total. The molecule has 0 aliphatic carbocycles. The molecule has 0 saturated heterocycles. The van der Waals surface area contributed by atoms with Crippen molar-refractivity contribution in [2.75, 3.05) is 5.43 Å². The third-order valence-corrected chi connectivity index (χ3v) is 3.22. The molecule has 6 heteroatoms. The van der Waals surface area contributed by atoms with Crippen LogP contribution in [-0.2, 0) is 4.79 Å². The van der Waals surface area contributed by atoms with Crippen LogP contribution in [0.4, 0.5) is 5.69 Å². The van der Waals surface area contributed by atoms with E-state index in [9.17, 15) is 4.79 Å². The van der Waals surface area contributed by atoms with Crippen molar-refractivity contribution in [2.24, 2.45) is 16.1 Å². The number of amides is 1. The average Bonchev–Trinajstić information content (AvgIpc) is 2.49. The van der Waals surface area contributed by atoms with Crippen LogP contribution in [0.15, 0.2) is 34.5 Å². The third-order valence-electron chi connectivity index (χ3n) is 3.22. The Morgan fingerprint density at radius 2 is 2.24 bits per heavy atom. The minimum Gasteiger partial charge on any atom is -0.278 e. The number of hydrazone groups is 2. The fourth-order valence-corrected chi connectivity index (χ4v) is 2.03. The summed E-state index contributed by atoms with van der Waals surface area (Å²) in [5, 5.41) is 16.9. The zero-order chi connectivity index (χ0) is 15.2. The molecule has 0 bridgehead atoms. The maximum Gasteiger partial charge on any atom is 0.240 e. The summed E-state index contributed by atoms with van der Waals surface area (Å²) >= 11 is 0. The van der Waals surface area contributed by atoms with Crippen molar-refractivity contribution < 1.29 is 4.79 Å². The summed E-state index contributed by atoms with van der Waals surface area (Å²) < 4.78 is 0. The molecule has 0 fully saturated rings. The summed E-state index contributed by atoms with van der Waals surface area (Å²) in [5.74, 6) is 0.0448. The predicted molar refractivity (Wildman–Crippen MR) is 81.9 cm³/mol. The van der Waals surface area contributed by atoms with E-state index >= 15 is 0 Å². The van der Waals surface area contributed by atoms with Gasteiger partial charge >= 0.3 is 0 Å². The van der Waals surface area contributed by atoms with Crippen LogP contribution in [0.1, 0.15) is 32.3 Å². The number of nitrogens with zero attached hydrogens (tertiary/aromatic N) is 3. The molecule has 1 unspecified atom stereocenters. The van der Waals surface area contributed by atoms with Gasteiger partial charge in [-0.3, -0.25) is 10.2 Å². The van der Waals surface area contributed by atoms with Crippen LogP contribution in [0.5, 0.6) is 0 Å². The molecule has 1 atom stereocenters. The molecule has 1 aromatic carbocycles. The topological polar surface area (TPSA) is 89.6 Å². The first-order valence-electron chi connectivity index (χ1n) is 6.83. The average molecular weight is 283 g/mol. The summed E-state index contributed by atoms with van der Waals surface area (Å²) in [6.45, 7) is 3.86. The third kappa shape index (κ3) is 3.66. The summed E-state index contributed by atoms with van der Waals surface area (Å²) in [6.07, 6.45) is 1.04. The predicted octanol–water partition coefficient (Wildman–Crippen LogP) is 2.25.